The van der Waals surface area contributed by atoms with Gasteiger partial charge < -0.3 is 5.73 Å². The Labute approximate surface area is 103 Å². The molecule has 1 fully saturated rings. The number of rotatable bonds is 3. The lowest BCUT2D eigenvalue weighted by Crippen LogP contribution is -2.24. The summed E-state index contributed by atoms with van der Waals surface area (Å²) in [6.07, 6.45) is 2.67. The molecule has 16 heavy (non-hydrogen) atoms. The molecule has 1 heterocycles. The van der Waals surface area contributed by atoms with Crippen LogP contribution in [-0.4, -0.2) is 18.1 Å². The van der Waals surface area contributed by atoms with Crippen molar-refractivity contribution in [3.63, 3.8) is 0 Å². The highest BCUT2D eigenvalue weighted by atomic mass is 32.2. The van der Waals surface area contributed by atoms with Gasteiger partial charge in [0, 0.05) is 0 Å². The minimum Gasteiger partial charge on any atom is -0.330 e. The molecule has 0 amide bonds. The first kappa shape index (κ1) is 12.0. The van der Waals surface area contributed by atoms with E-state index < -0.39 is 0 Å². The van der Waals surface area contributed by atoms with Crippen LogP contribution < -0.4 is 5.73 Å². The number of aryl methyl sites for hydroxylation is 1. The molecule has 1 nitrogen and oxygen atoms in total. The zero-order valence-electron chi connectivity index (χ0n) is 9.99. The van der Waals surface area contributed by atoms with E-state index >= 15 is 0 Å². The molecule has 0 radical (unpaired) electrons. The predicted molar refractivity (Wildman–Crippen MR) is 73.0 cm³/mol. The first-order chi connectivity index (χ1) is 7.81. The van der Waals surface area contributed by atoms with Crippen LogP contribution in [0.4, 0.5) is 0 Å². The summed E-state index contributed by atoms with van der Waals surface area (Å²) >= 11 is 2.08. The Balaban J connectivity index is 2.11. The smallest absolute Gasteiger partial charge is 0.000555 e. The van der Waals surface area contributed by atoms with Crippen molar-refractivity contribution < 1.29 is 0 Å². The van der Waals surface area contributed by atoms with Gasteiger partial charge in [-0.25, -0.2) is 0 Å². The van der Waals surface area contributed by atoms with Crippen LogP contribution in [0.25, 0.3) is 0 Å². The fraction of sp³-hybridized carbons (Fsp3) is 0.571. The Hall–Kier alpha value is -0.470. The molecular formula is C14H21NS. The van der Waals surface area contributed by atoms with Crippen molar-refractivity contribution in [2.24, 2.45) is 11.7 Å². The Kier molecular flexibility index (Phi) is 4.30. The van der Waals surface area contributed by atoms with E-state index in [9.17, 15) is 0 Å². The second-order valence-corrected chi connectivity index (χ2v) is 5.93. The molecule has 0 bridgehead atoms. The van der Waals surface area contributed by atoms with E-state index in [1.807, 2.05) is 0 Å². The van der Waals surface area contributed by atoms with Gasteiger partial charge in [-0.3, -0.25) is 0 Å². The zero-order valence-corrected chi connectivity index (χ0v) is 10.8. The summed E-state index contributed by atoms with van der Waals surface area (Å²) in [4.78, 5) is 0. The van der Waals surface area contributed by atoms with Crippen LogP contribution in [0.2, 0.25) is 0 Å². The lowest BCUT2D eigenvalue weighted by Gasteiger charge is -2.29. The van der Waals surface area contributed by atoms with Crippen LogP contribution in [0.3, 0.4) is 0 Å². The largest absolute Gasteiger partial charge is 0.330 e. The van der Waals surface area contributed by atoms with Crippen LogP contribution in [-0.2, 0) is 0 Å². The van der Waals surface area contributed by atoms with Crippen LogP contribution in [0.15, 0.2) is 24.3 Å². The summed E-state index contributed by atoms with van der Waals surface area (Å²) in [6, 6.07) is 8.92. The molecule has 0 aromatic heterocycles. The topological polar surface area (TPSA) is 26.0 Å². The highest BCUT2D eigenvalue weighted by Gasteiger charge is 2.23. The fourth-order valence-corrected chi connectivity index (χ4v) is 3.68. The van der Waals surface area contributed by atoms with Crippen molar-refractivity contribution in [3.8, 4) is 0 Å². The van der Waals surface area contributed by atoms with E-state index in [0.29, 0.717) is 5.92 Å². The molecule has 2 heteroatoms. The van der Waals surface area contributed by atoms with Crippen molar-refractivity contribution in [2.45, 2.75) is 25.7 Å². The summed E-state index contributed by atoms with van der Waals surface area (Å²) in [5, 5.41) is 0. The average Bonchev–Trinajstić information content (AvgIpc) is 2.34. The molecule has 0 spiro atoms. The second kappa shape index (κ2) is 5.74. The number of hydrogen-bond acceptors (Lipinski definition) is 2. The highest BCUT2D eigenvalue weighted by Crippen LogP contribution is 2.34. The minimum absolute atomic E-state index is 0.571. The standard InChI is InChI=1S/C14H21NS/c1-11-2-4-12(5-3-11)14(10-15)13-6-8-16-9-7-13/h2-5,13-14H,6-10,15H2,1H3. The third-order valence-corrected chi connectivity index (χ3v) is 4.64. The number of nitrogens with two attached hydrogens (primary N) is 1. The average molecular weight is 235 g/mol. The Morgan fingerprint density at radius 3 is 2.44 bits per heavy atom. The SMILES string of the molecule is Cc1ccc(C(CN)C2CCSCC2)cc1. The van der Waals surface area contributed by atoms with E-state index in [1.54, 1.807) is 0 Å². The maximum atomic E-state index is 5.97. The summed E-state index contributed by atoms with van der Waals surface area (Å²) in [7, 11) is 0. The Morgan fingerprint density at radius 1 is 1.25 bits per heavy atom. The predicted octanol–water partition coefficient (Wildman–Crippen LogP) is 3.18. The van der Waals surface area contributed by atoms with E-state index in [1.165, 1.54) is 35.5 Å². The van der Waals surface area contributed by atoms with E-state index in [-0.39, 0.29) is 0 Å². The van der Waals surface area contributed by atoms with E-state index in [0.717, 1.165) is 12.5 Å². The van der Waals surface area contributed by atoms with Crippen LogP contribution in [0.5, 0.6) is 0 Å². The number of thioether (sulfide) groups is 1. The quantitative estimate of drug-likeness (QED) is 0.871. The van der Waals surface area contributed by atoms with Gasteiger partial charge in [0.25, 0.3) is 0 Å². The van der Waals surface area contributed by atoms with Crippen molar-refractivity contribution in [1.29, 1.82) is 0 Å². The zero-order chi connectivity index (χ0) is 11.4. The highest BCUT2D eigenvalue weighted by molar-refractivity contribution is 7.99. The van der Waals surface area contributed by atoms with E-state index in [4.69, 9.17) is 5.73 Å². The number of hydrogen-bond donors (Lipinski definition) is 1. The lowest BCUT2D eigenvalue weighted by atomic mass is 9.82. The normalized spacial score (nSPS) is 19.6. The summed E-state index contributed by atoms with van der Waals surface area (Å²) < 4.78 is 0. The Bertz CT molecular complexity index is 314. The monoisotopic (exact) mass is 235 g/mol. The van der Waals surface area contributed by atoms with Gasteiger partial charge in [0.05, 0.1) is 0 Å². The minimum atomic E-state index is 0.571. The molecule has 0 aliphatic carbocycles. The van der Waals surface area contributed by atoms with Crippen molar-refractivity contribution in [3.05, 3.63) is 35.4 Å². The van der Waals surface area contributed by atoms with Gasteiger partial charge in [-0.2, -0.15) is 11.8 Å². The third kappa shape index (κ3) is 2.80. The molecule has 0 saturated carbocycles. The van der Waals surface area contributed by atoms with Crippen LogP contribution in [0, 0.1) is 12.8 Å². The summed E-state index contributed by atoms with van der Waals surface area (Å²) in [5.74, 6) is 4.00. The van der Waals surface area contributed by atoms with Crippen molar-refractivity contribution in [2.75, 3.05) is 18.1 Å². The molecule has 1 aliphatic rings. The maximum absolute atomic E-state index is 5.97. The molecule has 2 N–H and O–H groups in total. The number of benzene rings is 1. The van der Waals surface area contributed by atoms with Gasteiger partial charge in [-0.15, -0.1) is 0 Å². The molecule has 1 aliphatic heterocycles. The molecule has 1 saturated heterocycles. The van der Waals surface area contributed by atoms with Crippen molar-refractivity contribution in [1.82, 2.24) is 0 Å². The first-order valence-corrected chi connectivity index (χ1v) is 7.31. The summed E-state index contributed by atoms with van der Waals surface area (Å²) in [6.45, 7) is 2.93. The first-order valence-electron chi connectivity index (χ1n) is 6.15. The van der Waals surface area contributed by atoms with Crippen LogP contribution >= 0.6 is 11.8 Å². The molecule has 1 atom stereocenters. The van der Waals surface area contributed by atoms with Gasteiger partial charge >= 0.3 is 0 Å². The van der Waals surface area contributed by atoms with Crippen LogP contribution in [0.1, 0.15) is 29.9 Å². The maximum Gasteiger partial charge on any atom is -0.000555 e. The summed E-state index contributed by atoms with van der Waals surface area (Å²) in [5.41, 5.74) is 8.73. The van der Waals surface area contributed by atoms with Gasteiger partial charge in [0.15, 0.2) is 0 Å². The second-order valence-electron chi connectivity index (χ2n) is 4.70. The van der Waals surface area contributed by atoms with E-state index in [2.05, 4.69) is 43.0 Å². The molecule has 88 valence electrons. The van der Waals surface area contributed by atoms with Gasteiger partial charge in [0.1, 0.15) is 0 Å². The molecule has 1 unspecified atom stereocenters. The van der Waals surface area contributed by atoms with Gasteiger partial charge in [0.2, 0.25) is 0 Å². The fourth-order valence-electron chi connectivity index (χ4n) is 2.53. The van der Waals surface area contributed by atoms with Gasteiger partial charge in [-0.1, -0.05) is 29.8 Å². The molecule has 1 aromatic carbocycles. The lowest BCUT2D eigenvalue weighted by molar-refractivity contribution is 0.401. The van der Waals surface area contributed by atoms with Crippen molar-refractivity contribution >= 4 is 11.8 Å². The molecule has 2 rings (SSSR count). The van der Waals surface area contributed by atoms with Gasteiger partial charge in [-0.05, 0) is 55.2 Å². The Morgan fingerprint density at radius 2 is 1.88 bits per heavy atom. The molecule has 1 aromatic rings. The third-order valence-electron chi connectivity index (χ3n) is 3.59. The molecular weight excluding hydrogens is 214 g/mol.